The van der Waals surface area contributed by atoms with Crippen LogP contribution in [0.4, 0.5) is 10.1 Å². The van der Waals surface area contributed by atoms with Gasteiger partial charge in [0.15, 0.2) is 9.84 Å². The molecule has 1 aromatic carbocycles. The molecule has 0 amide bonds. The zero-order valence-corrected chi connectivity index (χ0v) is 18.3. The number of rotatable bonds is 7. The van der Waals surface area contributed by atoms with Gasteiger partial charge in [0.1, 0.15) is 17.0 Å². The van der Waals surface area contributed by atoms with Crippen LogP contribution in [0.1, 0.15) is 55.7 Å². The predicted molar refractivity (Wildman–Crippen MR) is 115 cm³/mol. The number of halogens is 1. The lowest BCUT2D eigenvalue weighted by molar-refractivity contribution is 0.211. The van der Waals surface area contributed by atoms with Gasteiger partial charge in [0.05, 0.1) is 11.4 Å². The Morgan fingerprint density at radius 2 is 1.93 bits per heavy atom. The van der Waals surface area contributed by atoms with E-state index in [0.29, 0.717) is 17.7 Å². The fourth-order valence-corrected chi connectivity index (χ4v) is 5.82. The maximum Gasteiger partial charge on any atom is 0.186 e. The second-order valence-corrected chi connectivity index (χ2v) is 10.6. The fraction of sp³-hybridized carbons (Fsp3) is 0.545. The van der Waals surface area contributed by atoms with Gasteiger partial charge in [0, 0.05) is 24.0 Å². The first-order chi connectivity index (χ1) is 14.3. The molecule has 2 aromatic rings. The van der Waals surface area contributed by atoms with Crippen LogP contribution in [-0.4, -0.2) is 49.5 Å². The molecule has 162 valence electrons. The average molecular weight is 433 g/mol. The number of sulfone groups is 1. The molecular weight excluding hydrogens is 403 g/mol. The molecule has 0 aliphatic heterocycles. The Morgan fingerprint density at radius 1 is 1.17 bits per heavy atom. The summed E-state index contributed by atoms with van der Waals surface area (Å²) >= 11 is 0. The molecule has 2 aliphatic rings. The van der Waals surface area contributed by atoms with Crippen molar-refractivity contribution >= 4 is 15.5 Å². The number of benzene rings is 1. The monoisotopic (exact) mass is 432 g/mol. The highest BCUT2D eigenvalue weighted by Gasteiger charge is 2.33. The van der Waals surface area contributed by atoms with E-state index in [2.05, 4.69) is 34.3 Å². The van der Waals surface area contributed by atoms with Gasteiger partial charge in [-0.3, -0.25) is 0 Å². The van der Waals surface area contributed by atoms with Crippen LogP contribution < -0.4 is 5.32 Å². The van der Waals surface area contributed by atoms with E-state index < -0.39 is 15.7 Å². The molecule has 30 heavy (non-hydrogen) atoms. The van der Waals surface area contributed by atoms with Crippen molar-refractivity contribution in [3.05, 3.63) is 47.8 Å². The summed E-state index contributed by atoms with van der Waals surface area (Å²) < 4.78 is 40.9. The topological polar surface area (TPSA) is 75.2 Å². The van der Waals surface area contributed by atoms with E-state index in [1.165, 1.54) is 31.1 Å². The number of aromatic nitrogens is 2. The second-order valence-electron chi connectivity index (χ2n) is 8.67. The number of nitrogens with one attached hydrogen (secondary N) is 1. The third kappa shape index (κ3) is 4.64. The Morgan fingerprint density at radius 3 is 2.60 bits per heavy atom. The minimum atomic E-state index is -3.85. The summed E-state index contributed by atoms with van der Waals surface area (Å²) in [5, 5.41) is 3.57. The van der Waals surface area contributed by atoms with E-state index in [0.717, 1.165) is 43.4 Å². The van der Waals surface area contributed by atoms with Crippen LogP contribution in [0, 0.1) is 5.82 Å². The molecule has 2 atom stereocenters. The maximum absolute atomic E-state index is 15.1. The molecule has 8 heteroatoms. The van der Waals surface area contributed by atoms with E-state index in [1.807, 2.05) is 0 Å². The standard InChI is InChI=1S/C22H29FN4O2S/c1-27(2)21-6-4-3-5-19(21)26-20-12-18(23)22(11-17(20)15-7-8-15)30(28,29)13-16-9-10-24-14-25-16/h9-12,14-15,19,21,26H,3-8,13H2,1-2H3/t19-,21-/m0/s1. The molecule has 2 saturated carbocycles. The van der Waals surface area contributed by atoms with E-state index in [1.54, 1.807) is 6.07 Å². The van der Waals surface area contributed by atoms with Crippen LogP contribution in [0.5, 0.6) is 0 Å². The summed E-state index contributed by atoms with van der Waals surface area (Å²) in [5.74, 6) is -0.745. The van der Waals surface area contributed by atoms with Crippen molar-refractivity contribution in [3.63, 3.8) is 0 Å². The van der Waals surface area contributed by atoms with Gasteiger partial charge in [0.25, 0.3) is 0 Å². The number of likely N-dealkylation sites (N-methyl/N-ethyl adjacent to an activating group) is 1. The molecule has 6 nitrogen and oxygen atoms in total. The molecule has 0 unspecified atom stereocenters. The molecule has 1 aromatic heterocycles. The number of hydrogen-bond donors (Lipinski definition) is 1. The minimum Gasteiger partial charge on any atom is -0.380 e. The maximum atomic E-state index is 15.1. The van der Waals surface area contributed by atoms with Crippen LogP contribution in [0.25, 0.3) is 0 Å². The highest BCUT2D eigenvalue weighted by atomic mass is 32.2. The van der Waals surface area contributed by atoms with Gasteiger partial charge in [0.2, 0.25) is 0 Å². The third-order valence-electron chi connectivity index (χ3n) is 6.17. The van der Waals surface area contributed by atoms with Gasteiger partial charge in [-0.25, -0.2) is 22.8 Å². The highest BCUT2D eigenvalue weighted by molar-refractivity contribution is 7.90. The van der Waals surface area contributed by atoms with Gasteiger partial charge in [-0.1, -0.05) is 12.8 Å². The van der Waals surface area contributed by atoms with E-state index >= 15 is 4.39 Å². The Hall–Kier alpha value is -2.06. The third-order valence-corrected chi connectivity index (χ3v) is 7.83. The molecule has 0 bridgehead atoms. The summed E-state index contributed by atoms with van der Waals surface area (Å²) in [6.07, 6.45) is 9.29. The first-order valence-corrected chi connectivity index (χ1v) is 12.2. The molecule has 2 aliphatic carbocycles. The van der Waals surface area contributed by atoms with Crippen LogP contribution in [0.3, 0.4) is 0 Å². The molecule has 0 saturated heterocycles. The zero-order valence-electron chi connectivity index (χ0n) is 17.5. The largest absolute Gasteiger partial charge is 0.380 e. The molecule has 0 spiro atoms. The summed E-state index contributed by atoms with van der Waals surface area (Å²) in [4.78, 5) is 9.78. The van der Waals surface area contributed by atoms with E-state index in [-0.39, 0.29) is 16.7 Å². The average Bonchev–Trinajstić information content (AvgIpc) is 3.54. The molecule has 4 rings (SSSR count). The highest BCUT2D eigenvalue weighted by Crippen LogP contribution is 2.45. The molecule has 2 fully saturated rings. The summed E-state index contributed by atoms with van der Waals surface area (Å²) in [6, 6.07) is 5.10. The first kappa shape index (κ1) is 21.2. The first-order valence-electron chi connectivity index (χ1n) is 10.6. The van der Waals surface area contributed by atoms with Crippen LogP contribution in [-0.2, 0) is 15.6 Å². The lowest BCUT2D eigenvalue weighted by Gasteiger charge is -2.37. The molecule has 1 heterocycles. The lowest BCUT2D eigenvalue weighted by Crippen LogP contribution is -2.45. The Kier molecular flexibility index (Phi) is 6.06. The van der Waals surface area contributed by atoms with Crippen LogP contribution in [0.15, 0.2) is 35.6 Å². The van der Waals surface area contributed by atoms with Crippen molar-refractivity contribution in [2.45, 2.75) is 67.2 Å². The number of anilines is 1. The zero-order chi connectivity index (χ0) is 21.3. The number of nitrogens with zero attached hydrogens (tertiary/aromatic N) is 3. The Labute approximate surface area is 177 Å². The van der Waals surface area contributed by atoms with E-state index in [4.69, 9.17) is 0 Å². The van der Waals surface area contributed by atoms with Crippen molar-refractivity contribution < 1.29 is 12.8 Å². The van der Waals surface area contributed by atoms with Crippen molar-refractivity contribution in [1.29, 1.82) is 0 Å². The molecule has 0 radical (unpaired) electrons. The van der Waals surface area contributed by atoms with Gasteiger partial charge >= 0.3 is 0 Å². The Balaban J connectivity index is 1.65. The predicted octanol–water partition coefficient (Wildman–Crippen LogP) is 3.75. The SMILES string of the molecule is CN(C)[C@H]1CCCC[C@@H]1Nc1cc(F)c(S(=O)(=O)Cc2ccncn2)cc1C1CC1. The smallest absolute Gasteiger partial charge is 0.186 e. The van der Waals surface area contributed by atoms with Crippen molar-refractivity contribution in [3.8, 4) is 0 Å². The summed E-state index contributed by atoms with van der Waals surface area (Å²) in [6.45, 7) is 0. The van der Waals surface area contributed by atoms with Gasteiger partial charge in [-0.2, -0.15) is 0 Å². The molecular formula is C22H29FN4O2S. The van der Waals surface area contributed by atoms with Crippen LogP contribution >= 0.6 is 0 Å². The Bertz CT molecular complexity index is 994. The number of hydrogen-bond acceptors (Lipinski definition) is 6. The fourth-order valence-electron chi connectivity index (χ4n) is 4.44. The van der Waals surface area contributed by atoms with Crippen molar-refractivity contribution in [2.24, 2.45) is 0 Å². The summed E-state index contributed by atoms with van der Waals surface area (Å²) in [5.41, 5.74) is 2.02. The second kappa shape index (κ2) is 8.59. The normalized spacial score (nSPS) is 22.3. The van der Waals surface area contributed by atoms with Crippen LogP contribution in [0.2, 0.25) is 0 Å². The van der Waals surface area contributed by atoms with Crippen molar-refractivity contribution in [1.82, 2.24) is 14.9 Å². The van der Waals surface area contributed by atoms with Gasteiger partial charge < -0.3 is 10.2 Å². The quantitative estimate of drug-likeness (QED) is 0.718. The van der Waals surface area contributed by atoms with Gasteiger partial charge in [-0.15, -0.1) is 0 Å². The summed E-state index contributed by atoms with van der Waals surface area (Å²) in [7, 11) is 0.311. The van der Waals surface area contributed by atoms with Gasteiger partial charge in [-0.05, 0) is 69.5 Å². The lowest BCUT2D eigenvalue weighted by atomic mass is 9.89. The molecule has 1 N–H and O–H groups in total. The minimum absolute atomic E-state index is 0.231. The van der Waals surface area contributed by atoms with Crippen molar-refractivity contribution in [2.75, 3.05) is 19.4 Å². The van der Waals surface area contributed by atoms with E-state index in [9.17, 15) is 8.42 Å².